The van der Waals surface area contributed by atoms with Crippen molar-refractivity contribution in [2.24, 2.45) is 0 Å². The number of furan rings is 1. The number of carbonyl (C=O) groups is 2. The first-order valence-electron chi connectivity index (χ1n) is 12.2. The molecule has 1 unspecified atom stereocenters. The number of fused-ring (bicyclic) bond motifs is 1. The van der Waals surface area contributed by atoms with Gasteiger partial charge in [0, 0.05) is 55.2 Å². The highest BCUT2D eigenvalue weighted by atomic mass is 16.5. The standard InChI is InChI=1S/C27H28N6O5/c1-16-25(26(36)28-2)21-7-6-20(13-22(21)37-16)38-24-8-10-29-27(32-24)31-18-5-3-4-17(12-18)30-23(35)15-33-11-9-19(34)14-33/h3-8,10,12-13,19,34H,9,11,14-15H2,1-2H3,(H,28,36)(H,30,35)(H,29,31,32). The van der Waals surface area contributed by atoms with Crippen molar-refractivity contribution in [2.75, 3.05) is 37.3 Å². The highest BCUT2D eigenvalue weighted by molar-refractivity contribution is 6.07. The summed E-state index contributed by atoms with van der Waals surface area (Å²) in [4.78, 5) is 35.2. The van der Waals surface area contributed by atoms with Gasteiger partial charge in [-0.15, -0.1) is 0 Å². The van der Waals surface area contributed by atoms with Gasteiger partial charge < -0.3 is 30.2 Å². The molecular weight excluding hydrogens is 488 g/mol. The summed E-state index contributed by atoms with van der Waals surface area (Å²) < 4.78 is 11.7. The lowest BCUT2D eigenvalue weighted by molar-refractivity contribution is -0.117. The minimum atomic E-state index is -0.367. The molecule has 2 amide bonds. The number of aliphatic hydroxyl groups is 1. The van der Waals surface area contributed by atoms with Gasteiger partial charge in [-0.3, -0.25) is 14.5 Å². The Kier molecular flexibility index (Phi) is 7.20. The second-order valence-corrected chi connectivity index (χ2v) is 9.02. The fraction of sp³-hybridized carbons (Fsp3) is 0.259. The van der Waals surface area contributed by atoms with E-state index >= 15 is 0 Å². The van der Waals surface area contributed by atoms with E-state index in [2.05, 4.69) is 25.9 Å². The van der Waals surface area contributed by atoms with Gasteiger partial charge in [0.2, 0.25) is 17.7 Å². The molecule has 1 fully saturated rings. The molecule has 196 valence electrons. The Morgan fingerprint density at radius 3 is 2.82 bits per heavy atom. The van der Waals surface area contributed by atoms with E-state index in [0.29, 0.717) is 70.8 Å². The first-order chi connectivity index (χ1) is 18.4. The molecule has 1 aliphatic heterocycles. The number of β-amino-alcohol motifs (C(OH)–C–C–N with tert-alkyl or cyclic N) is 1. The molecule has 4 N–H and O–H groups in total. The summed E-state index contributed by atoms with van der Waals surface area (Å²) in [7, 11) is 1.58. The van der Waals surface area contributed by atoms with Crippen LogP contribution in [0.1, 0.15) is 22.5 Å². The largest absolute Gasteiger partial charge is 0.460 e. The van der Waals surface area contributed by atoms with Gasteiger partial charge in [-0.05, 0) is 43.7 Å². The Labute approximate surface area is 218 Å². The van der Waals surface area contributed by atoms with Crippen molar-refractivity contribution in [3.63, 3.8) is 0 Å². The first-order valence-corrected chi connectivity index (χ1v) is 12.2. The zero-order valence-corrected chi connectivity index (χ0v) is 21.0. The van der Waals surface area contributed by atoms with Crippen LogP contribution in [0.3, 0.4) is 0 Å². The number of carbonyl (C=O) groups excluding carboxylic acids is 2. The number of aliphatic hydroxyl groups excluding tert-OH is 1. The fourth-order valence-electron chi connectivity index (χ4n) is 4.41. The molecule has 1 saturated heterocycles. The fourth-order valence-corrected chi connectivity index (χ4v) is 4.41. The highest BCUT2D eigenvalue weighted by Gasteiger charge is 2.22. The number of amides is 2. The smallest absolute Gasteiger partial charge is 0.255 e. The molecule has 0 aliphatic carbocycles. The maximum atomic E-state index is 12.4. The van der Waals surface area contributed by atoms with E-state index in [-0.39, 0.29) is 24.5 Å². The summed E-state index contributed by atoms with van der Waals surface area (Å²) in [6, 6.07) is 14.1. The number of rotatable bonds is 8. The summed E-state index contributed by atoms with van der Waals surface area (Å²) in [5.41, 5.74) is 2.35. The number of ether oxygens (including phenoxy) is 1. The predicted octanol–water partition coefficient (Wildman–Crippen LogP) is 3.43. The average Bonchev–Trinajstić information content (AvgIpc) is 3.44. The van der Waals surface area contributed by atoms with Crippen LogP contribution in [0.5, 0.6) is 11.6 Å². The number of benzene rings is 2. The molecule has 0 saturated carbocycles. The Bertz CT molecular complexity index is 1490. The Morgan fingerprint density at radius 1 is 1.18 bits per heavy atom. The van der Waals surface area contributed by atoms with Gasteiger partial charge in [-0.25, -0.2) is 4.98 Å². The van der Waals surface area contributed by atoms with Crippen molar-refractivity contribution < 1.29 is 23.8 Å². The summed E-state index contributed by atoms with van der Waals surface area (Å²) in [5, 5.41) is 19.0. The van der Waals surface area contributed by atoms with Crippen LogP contribution >= 0.6 is 0 Å². The molecule has 0 bridgehead atoms. The van der Waals surface area contributed by atoms with Crippen LogP contribution in [0.2, 0.25) is 0 Å². The molecule has 1 atom stereocenters. The van der Waals surface area contributed by atoms with Crippen LogP contribution in [0.4, 0.5) is 17.3 Å². The van der Waals surface area contributed by atoms with Crippen LogP contribution in [0.15, 0.2) is 59.1 Å². The molecule has 38 heavy (non-hydrogen) atoms. The van der Waals surface area contributed by atoms with Gasteiger partial charge in [-0.1, -0.05) is 6.07 Å². The van der Waals surface area contributed by atoms with Crippen molar-refractivity contribution in [3.05, 3.63) is 66.1 Å². The summed E-state index contributed by atoms with van der Waals surface area (Å²) in [5.74, 6) is 1.29. The van der Waals surface area contributed by atoms with E-state index in [1.54, 1.807) is 56.6 Å². The first kappa shape index (κ1) is 25.2. The lowest BCUT2D eigenvalue weighted by Crippen LogP contribution is -2.32. The quantitative estimate of drug-likeness (QED) is 0.277. The van der Waals surface area contributed by atoms with E-state index < -0.39 is 0 Å². The Balaban J connectivity index is 1.24. The third-order valence-electron chi connectivity index (χ3n) is 6.16. The zero-order chi connectivity index (χ0) is 26.6. The van der Waals surface area contributed by atoms with Crippen LogP contribution in [-0.2, 0) is 4.79 Å². The third-order valence-corrected chi connectivity index (χ3v) is 6.16. The molecule has 1 aliphatic rings. The summed E-state index contributed by atoms with van der Waals surface area (Å²) in [6.07, 6.45) is 1.89. The minimum absolute atomic E-state index is 0.144. The van der Waals surface area contributed by atoms with Crippen molar-refractivity contribution in [2.45, 2.75) is 19.4 Å². The van der Waals surface area contributed by atoms with Crippen molar-refractivity contribution in [1.82, 2.24) is 20.2 Å². The van der Waals surface area contributed by atoms with Gasteiger partial charge in [0.1, 0.15) is 17.1 Å². The topological polar surface area (TPSA) is 142 Å². The van der Waals surface area contributed by atoms with Crippen LogP contribution in [0, 0.1) is 6.92 Å². The number of hydrogen-bond acceptors (Lipinski definition) is 9. The number of anilines is 3. The molecule has 3 heterocycles. The Hall–Kier alpha value is -4.48. The molecule has 5 rings (SSSR count). The number of nitrogens with zero attached hydrogens (tertiary/aromatic N) is 3. The van der Waals surface area contributed by atoms with E-state index in [4.69, 9.17) is 9.15 Å². The number of nitrogens with one attached hydrogen (secondary N) is 3. The normalized spacial score (nSPS) is 15.4. The molecule has 2 aromatic carbocycles. The SMILES string of the molecule is CNC(=O)c1c(C)oc2cc(Oc3ccnc(Nc4cccc(NC(=O)CN5CCC(O)C5)c4)n3)ccc12. The molecule has 4 aromatic rings. The minimum Gasteiger partial charge on any atom is -0.460 e. The van der Waals surface area contributed by atoms with Gasteiger partial charge in [0.25, 0.3) is 5.91 Å². The Morgan fingerprint density at radius 2 is 2.03 bits per heavy atom. The number of aryl methyl sites for hydroxylation is 1. The predicted molar refractivity (Wildman–Crippen MR) is 142 cm³/mol. The van der Waals surface area contributed by atoms with Crippen LogP contribution < -0.4 is 20.7 Å². The van der Waals surface area contributed by atoms with Crippen LogP contribution in [-0.4, -0.2) is 64.6 Å². The molecule has 2 aromatic heterocycles. The monoisotopic (exact) mass is 516 g/mol. The third kappa shape index (κ3) is 5.74. The molecular formula is C27H28N6O5. The summed E-state index contributed by atoms with van der Waals surface area (Å²) in [6.45, 7) is 3.19. The van der Waals surface area contributed by atoms with E-state index in [9.17, 15) is 14.7 Å². The van der Waals surface area contributed by atoms with Gasteiger partial charge in [0.15, 0.2) is 0 Å². The van der Waals surface area contributed by atoms with Crippen molar-refractivity contribution in [1.29, 1.82) is 0 Å². The maximum Gasteiger partial charge on any atom is 0.255 e. The molecule has 0 radical (unpaired) electrons. The van der Waals surface area contributed by atoms with Crippen molar-refractivity contribution >= 4 is 40.1 Å². The van der Waals surface area contributed by atoms with Gasteiger partial charge in [0.05, 0.1) is 18.2 Å². The number of hydrogen-bond donors (Lipinski definition) is 4. The van der Waals surface area contributed by atoms with E-state index in [1.807, 2.05) is 17.0 Å². The average molecular weight is 517 g/mol. The zero-order valence-electron chi connectivity index (χ0n) is 21.0. The molecule has 11 heteroatoms. The van der Waals surface area contributed by atoms with E-state index in [0.717, 1.165) is 0 Å². The van der Waals surface area contributed by atoms with Gasteiger partial charge in [-0.2, -0.15) is 4.98 Å². The van der Waals surface area contributed by atoms with Crippen molar-refractivity contribution in [3.8, 4) is 11.6 Å². The lowest BCUT2D eigenvalue weighted by Gasteiger charge is -2.15. The van der Waals surface area contributed by atoms with E-state index in [1.165, 1.54) is 0 Å². The van der Waals surface area contributed by atoms with Crippen LogP contribution in [0.25, 0.3) is 11.0 Å². The van der Waals surface area contributed by atoms with Gasteiger partial charge >= 0.3 is 0 Å². The molecule has 0 spiro atoms. The number of aromatic nitrogens is 2. The highest BCUT2D eigenvalue weighted by Crippen LogP contribution is 2.31. The summed E-state index contributed by atoms with van der Waals surface area (Å²) >= 11 is 0. The maximum absolute atomic E-state index is 12.4. The molecule has 11 nitrogen and oxygen atoms in total. The second-order valence-electron chi connectivity index (χ2n) is 9.02. The number of likely N-dealkylation sites (tertiary alicyclic amines) is 1. The second kappa shape index (κ2) is 10.9. The lowest BCUT2D eigenvalue weighted by atomic mass is 10.1.